The molecule has 0 amide bonds. The Morgan fingerprint density at radius 2 is 2.11 bits per heavy atom. The van der Waals surface area contributed by atoms with Crippen molar-refractivity contribution in [1.29, 1.82) is 0 Å². The standard InChI is InChI=1S/C14H13BrO3/c1-3-8-14(9(2)18-13(14)17)12(16)10-4-6-11(15)7-5-10/h3-7,9H,1,8H2,2H3/t9-,14-/m1/s1. The summed E-state index contributed by atoms with van der Waals surface area (Å²) in [6, 6.07) is 6.97. The van der Waals surface area contributed by atoms with E-state index in [-0.39, 0.29) is 5.78 Å². The number of halogens is 1. The highest BCUT2D eigenvalue weighted by molar-refractivity contribution is 9.10. The second kappa shape index (κ2) is 4.69. The molecule has 1 heterocycles. The number of esters is 1. The smallest absolute Gasteiger partial charge is 0.324 e. The van der Waals surface area contributed by atoms with Crippen LogP contribution in [-0.4, -0.2) is 17.9 Å². The molecular weight excluding hydrogens is 296 g/mol. The van der Waals surface area contributed by atoms with Gasteiger partial charge in [0.15, 0.2) is 11.2 Å². The van der Waals surface area contributed by atoms with Crippen LogP contribution in [0, 0.1) is 5.41 Å². The molecule has 1 aromatic rings. The van der Waals surface area contributed by atoms with Crippen LogP contribution in [0.25, 0.3) is 0 Å². The van der Waals surface area contributed by atoms with Crippen LogP contribution in [0.4, 0.5) is 0 Å². The van der Waals surface area contributed by atoms with Gasteiger partial charge in [0, 0.05) is 10.0 Å². The number of ketones is 1. The van der Waals surface area contributed by atoms with Crippen molar-refractivity contribution in [2.75, 3.05) is 0 Å². The van der Waals surface area contributed by atoms with Gasteiger partial charge in [-0.05, 0) is 25.5 Å². The SMILES string of the molecule is C=CC[C@@]1(C(=O)c2ccc(Br)cc2)C(=O)O[C@@H]1C. The van der Waals surface area contributed by atoms with E-state index < -0.39 is 17.5 Å². The van der Waals surface area contributed by atoms with Crippen LogP contribution < -0.4 is 0 Å². The molecule has 4 heteroatoms. The molecule has 0 N–H and O–H groups in total. The summed E-state index contributed by atoms with van der Waals surface area (Å²) >= 11 is 3.31. The molecule has 0 aliphatic carbocycles. The van der Waals surface area contributed by atoms with Gasteiger partial charge in [0.2, 0.25) is 0 Å². The number of allylic oxidation sites excluding steroid dienone is 1. The molecule has 94 valence electrons. The summed E-state index contributed by atoms with van der Waals surface area (Å²) in [5.41, 5.74) is -0.571. The third kappa shape index (κ3) is 1.81. The average molecular weight is 309 g/mol. The number of hydrogen-bond acceptors (Lipinski definition) is 3. The van der Waals surface area contributed by atoms with Crippen LogP contribution in [0.1, 0.15) is 23.7 Å². The minimum atomic E-state index is -1.09. The predicted molar refractivity (Wildman–Crippen MR) is 71.3 cm³/mol. The van der Waals surface area contributed by atoms with Crippen LogP contribution >= 0.6 is 15.9 Å². The van der Waals surface area contributed by atoms with Gasteiger partial charge >= 0.3 is 5.97 Å². The van der Waals surface area contributed by atoms with Crippen molar-refractivity contribution in [2.45, 2.75) is 19.4 Å². The molecule has 1 fully saturated rings. The summed E-state index contributed by atoms with van der Waals surface area (Å²) in [6.45, 7) is 5.36. The maximum Gasteiger partial charge on any atom is 0.324 e. The number of hydrogen-bond donors (Lipinski definition) is 0. The van der Waals surface area contributed by atoms with Gasteiger partial charge in [-0.2, -0.15) is 0 Å². The largest absolute Gasteiger partial charge is 0.460 e. The fourth-order valence-corrected chi connectivity index (χ4v) is 2.44. The monoisotopic (exact) mass is 308 g/mol. The van der Waals surface area contributed by atoms with Gasteiger partial charge in [0.25, 0.3) is 0 Å². The highest BCUT2D eigenvalue weighted by atomic mass is 79.9. The van der Waals surface area contributed by atoms with Gasteiger partial charge in [-0.25, -0.2) is 0 Å². The first-order chi connectivity index (χ1) is 8.52. The van der Waals surface area contributed by atoms with E-state index in [1.165, 1.54) is 0 Å². The highest BCUT2D eigenvalue weighted by Crippen LogP contribution is 2.43. The molecule has 2 atom stereocenters. The van der Waals surface area contributed by atoms with Crippen LogP contribution in [0.2, 0.25) is 0 Å². The molecule has 3 nitrogen and oxygen atoms in total. The lowest BCUT2D eigenvalue weighted by Gasteiger charge is -2.43. The van der Waals surface area contributed by atoms with Gasteiger partial charge in [-0.3, -0.25) is 9.59 Å². The number of ether oxygens (including phenoxy) is 1. The van der Waals surface area contributed by atoms with E-state index in [4.69, 9.17) is 4.74 Å². The fourth-order valence-electron chi connectivity index (χ4n) is 2.18. The van der Waals surface area contributed by atoms with Crippen molar-refractivity contribution in [3.63, 3.8) is 0 Å². The zero-order chi connectivity index (χ0) is 13.3. The number of carbonyl (C=O) groups is 2. The average Bonchev–Trinajstić information content (AvgIpc) is 2.36. The van der Waals surface area contributed by atoms with Crippen LogP contribution in [0.15, 0.2) is 41.4 Å². The van der Waals surface area contributed by atoms with Gasteiger partial charge in [-0.15, -0.1) is 6.58 Å². The number of Topliss-reactive ketones (excluding diaryl/α,β-unsaturated/α-hetero) is 1. The summed E-state index contributed by atoms with van der Waals surface area (Å²) in [7, 11) is 0. The topological polar surface area (TPSA) is 43.4 Å². The molecule has 0 radical (unpaired) electrons. The summed E-state index contributed by atoms with van der Waals surface area (Å²) in [5.74, 6) is -0.651. The quantitative estimate of drug-likeness (QED) is 0.371. The van der Waals surface area contributed by atoms with E-state index in [1.54, 1.807) is 37.3 Å². The highest BCUT2D eigenvalue weighted by Gasteiger charge is 2.60. The van der Waals surface area contributed by atoms with Crippen molar-refractivity contribution in [3.05, 3.63) is 47.0 Å². The Labute approximate surface area is 114 Å². The Morgan fingerprint density at radius 1 is 1.50 bits per heavy atom. The summed E-state index contributed by atoms with van der Waals surface area (Å²) in [4.78, 5) is 24.2. The zero-order valence-corrected chi connectivity index (χ0v) is 11.6. The first-order valence-electron chi connectivity index (χ1n) is 5.64. The lowest BCUT2D eigenvalue weighted by molar-refractivity contribution is -0.193. The maximum absolute atomic E-state index is 12.5. The molecule has 2 rings (SSSR count). The fraction of sp³-hybridized carbons (Fsp3) is 0.286. The first kappa shape index (κ1) is 13.0. The van der Waals surface area contributed by atoms with E-state index in [2.05, 4.69) is 22.5 Å². The van der Waals surface area contributed by atoms with E-state index in [9.17, 15) is 9.59 Å². The molecule has 1 aliphatic heterocycles. The molecule has 1 saturated heterocycles. The molecule has 0 spiro atoms. The Balaban J connectivity index is 2.38. The minimum absolute atomic E-state index is 0.196. The lowest BCUT2D eigenvalue weighted by Crippen LogP contribution is -2.59. The van der Waals surface area contributed by atoms with E-state index >= 15 is 0 Å². The van der Waals surface area contributed by atoms with Crippen molar-refractivity contribution in [2.24, 2.45) is 5.41 Å². The number of rotatable bonds is 4. The third-order valence-corrected chi connectivity index (χ3v) is 3.85. The number of carbonyl (C=O) groups excluding carboxylic acids is 2. The first-order valence-corrected chi connectivity index (χ1v) is 6.44. The Kier molecular flexibility index (Phi) is 3.39. The maximum atomic E-state index is 12.5. The summed E-state index contributed by atoms with van der Waals surface area (Å²) < 4.78 is 5.85. The van der Waals surface area contributed by atoms with Gasteiger partial charge < -0.3 is 4.74 Å². The second-order valence-corrected chi connectivity index (χ2v) is 5.26. The van der Waals surface area contributed by atoms with Crippen LogP contribution in [0.3, 0.4) is 0 Å². The molecular formula is C14H13BrO3. The molecule has 1 aliphatic rings. The van der Waals surface area contributed by atoms with E-state index in [0.717, 1.165) is 4.47 Å². The normalized spacial score (nSPS) is 26.1. The molecule has 1 aromatic carbocycles. The third-order valence-electron chi connectivity index (χ3n) is 3.32. The summed E-state index contributed by atoms with van der Waals surface area (Å²) in [5, 5.41) is 0. The lowest BCUT2D eigenvalue weighted by atomic mass is 9.70. The van der Waals surface area contributed by atoms with E-state index in [1.807, 2.05) is 0 Å². The molecule has 0 unspecified atom stereocenters. The van der Waals surface area contributed by atoms with Crippen LogP contribution in [-0.2, 0) is 9.53 Å². The van der Waals surface area contributed by atoms with Crippen molar-refractivity contribution >= 4 is 27.7 Å². The van der Waals surface area contributed by atoms with Crippen molar-refractivity contribution in [3.8, 4) is 0 Å². The number of cyclic esters (lactones) is 1. The summed E-state index contributed by atoms with van der Waals surface area (Å²) in [6.07, 6.45) is 1.49. The minimum Gasteiger partial charge on any atom is -0.460 e. The Bertz CT molecular complexity index is 506. The predicted octanol–water partition coefficient (Wildman–Crippen LogP) is 3.14. The molecule has 0 bridgehead atoms. The molecule has 0 aromatic heterocycles. The van der Waals surface area contributed by atoms with E-state index in [0.29, 0.717) is 12.0 Å². The second-order valence-electron chi connectivity index (χ2n) is 4.35. The van der Waals surface area contributed by atoms with Crippen molar-refractivity contribution in [1.82, 2.24) is 0 Å². The molecule has 0 saturated carbocycles. The number of benzene rings is 1. The van der Waals surface area contributed by atoms with Gasteiger partial charge in [0.1, 0.15) is 6.10 Å². The zero-order valence-electron chi connectivity index (χ0n) is 9.98. The molecule has 18 heavy (non-hydrogen) atoms. The Morgan fingerprint density at radius 3 is 2.56 bits per heavy atom. The van der Waals surface area contributed by atoms with Gasteiger partial charge in [0.05, 0.1) is 0 Å². The van der Waals surface area contributed by atoms with Crippen molar-refractivity contribution < 1.29 is 14.3 Å². The van der Waals surface area contributed by atoms with Crippen LogP contribution in [0.5, 0.6) is 0 Å². The Hall–Kier alpha value is -1.42. The van der Waals surface area contributed by atoms with Gasteiger partial charge in [-0.1, -0.05) is 34.1 Å².